The van der Waals surface area contributed by atoms with E-state index in [1.807, 2.05) is 11.8 Å². The van der Waals surface area contributed by atoms with Crippen LogP contribution in [-0.2, 0) is 6.67 Å². The van der Waals surface area contributed by atoms with Gasteiger partial charge in [0.2, 0.25) is 0 Å². The van der Waals surface area contributed by atoms with Crippen molar-refractivity contribution in [1.82, 2.24) is 9.55 Å². The first-order chi connectivity index (χ1) is 14.2. The molecule has 0 unspecified atom stereocenters. The highest BCUT2D eigenvalue weighted by atomic mass is 32.2. The third-order valence-corrected chi connectivity index (χ3v) is 8.54. The molecule has 0 atom stereocenters. The van der Waals surface area contributed by atoms with Gasteiger partial charge in [0.25, 0.3) is 0 Å². The molecule has 2 aromatic heterocycles. The molecule has 0 amide bonds. The molecule has 0 bridgehead atoms. The molecule has 0 aliphatic carbocycles. The van der Waals surface area contributed by atoms with Crippen molar-refractivity contribution in [2.24, 2.45) is 0 Å². The van der Waals surface area contributed by atoms with E-state index >= 15 is 0 Å². The lowest BCUT2D eigenvalue weighted by Gasteiger charge is -2.08. The lowest BCUT2D eigenvalue weighted by molar-refractivity contribution is 0.659. The highest BCUT2D eigenvalue weighted by molar-refractivity contribution is 8.01. The monoisotopic (exact) mass is 459 g/mol. The number of hydrogen-bond acceptors (Lipinski definition) is 6. The molecular formula is C22H25N3S4. The van der Waals surface area contributed by atoms with Gasteiger partial charge in [-0.3, -0.25) is 0 Å². The quantitative estimate of drug-likeness (QED) is 0.147. The molecule has 152 valence electrons. The van der Waals surface area contributed by atoms with E-state index in [1.54, 1.807) is 22.7 Å². The number of fused-ring (bicyclic) bond motifs is 2. The number of thioether (sulfide) groups is 1. The zero-order chi connectivity index (χ0) is 20.1. The minimum atomic E-state index is 0.673. The van der Waals surface area contributed by atoms with E-state index in [4.69, 9.17) is 17.2 Å². The number of thiazole rings is 2. The number of aromatic nitrogens is 2. The number of rotatable bonds is 10. The molecule has 1 N–H and O–H groups in total. The van der Waals surface area contributed by atoms with Gasteiger partial charge in [0.15, 0.2) is 8.29 Å². The minimum absolute atomic E-state index is 0.673. The Bertz CT molecular complexity index is 1140. The van der Waals surface area contributed by atoms with Crippen LogP contribution in [0.15, 0.2) is 46.8 Å². The van der Waals surface area contributed by atoms with Gasteiger partial charge in [-0.25, -0.2) is 4.98 Å². The molecule has 29 heavy (non-hydrogen) atoms. The average molecular weight is 460 g/mol. The SMILES string of the molecule is CCCCCCCSc1nc2ccc(NCn3c(=S)sc4ccccc43)cc2s1. The van der Waals surface area contributed by atoms with E-state index in [2.05, 4.69) is 59.3 Å². The van der Waals surface area contributed by atoms with Crippen LogP contribution in [0.5, 0.6) is 0 Å². The highest BCUT2D eigenvalue weighted by Gasteiger charge is 2.07. The zero-order valence-electron chi connectivity index (χ0n) is 16.5. The summed E-state index contributed by atoms with van der Waals surface area (Å²) in [5, 5.41) is 3.53. The summed E-state index contributed by atoms with van der Waals surface area (Å²) in [5.74, 6) is 1.16. The molecule has 0 saturated heterocycles. The fourth-order valence-electron chi connectivity index (χ4n) is 3.27. The number of benzene rings is 2. The van der Waals surface area contributed by atoms with Gasteiger partial charge in [0.1, 0.15) is 0 Å². The van der Waals surface area contributed by atoms with Gasteiger partial charge in [-0.15, -0.1) is 22.7 Å². The van der Waals surface area contributed by atoms with E-state index < -0.39 is 0 Å². The summed E-state index contributed by atoms with van der Waals surface area (Å²) < 4.78 is 6.70. The van der Waals surface area contributed by atoms with Crippen LogP contribution in [-0.4, -0.2) is 15.3 Å². The predicted molar refractivity (Wildman–Crippen MR) is 133 cm³/mol. The Hall–Kier alpha value is -1.41. The van der Waals surface area contributed by atoms with Crippen molar-refractivity contribution in [3.63, 3.8) is 0 Å². The van der Waals surface area contributed by atoms with Gasteiger partial charge in [-0.1, -0.05) is 56.5 Å². The maximum Gasteiger partial charge on any atom is 0.163 e. The Kier molecular flexibility index (Phi) is 7.24. The van der Waals surface area contributed by atoms with Crippen molar-refractivity contribution in [2.45, 2.75) is 50.0 Å². The third kappa shape index (κ3) is 5.20. The number of hydrogen-bond donors (Lipinski definition) is 1. The van der Waals surface area contributed by atoms with Gasteiger partial charge in [-0.2, -0.15) is 0 Å². The van der Waals surface area contributed by atoms with Crippen LogP contribution in [0.4, 0.5) is 5.69 Å². The molecule has 2 aromatic carbocycles. The Balaban J connectivity index is 1.38. The summed E-state index contributed by atoms with van der Waals surface area (Å²) in [5.41, 5.74) is 3.38. The molecule has 2 heterocycles. The molecule has 0 radical (unpaired) electrons. The molecule has 7 heteroatoms. The van der Waals surface area contributed by atoms with Gasteiger partial charge in [0.05, 0.1) is 27.1 Å². The summed E-state index contributed by atoms with van der Waals surface area (Å²) in [7, 11) is 0. The lowest BCUT2D eigenvalue weighted by atomic mass is 10.2. The van der Waals surface area contributed by atoms with Gasteiger partial charge in [0, 0.05) is 11.4 Å². The molecule has 4 rings (SSSR count). The van der Waals surface area contributed by atoms with Crippen LogP contribution in [0.25, 0.3) is 20.4 Å². The second-order valence-corrected chi connectivity index (χ2v) is 11.1. The average Bonchev–Trinajstić information content (AvgIpc) is 3.28. The van der Waals surface area contributed by atoms with Gasteiger partial charge < -0.3 is 9.88 Å². The summed E-state index contributed by atoms with van der Waals surface area (Å²) in [6, 6.07) is 14.8. The van der Waals surface area contributed by atoms with Crippen LogP contribution < -0.4 is 5.32 Å². The molecular weight excluding hydrogens is 435 g/mol. The molecule has 3 nitrogen and oxygen atoms in total. The van der Waals surface area contributed by atoms with E-state index in [0.717, 1.165) is 20.9 Å². The maximum absolute atomic E-state index is 5.55. The molecule has 0 fully saturated rings. The van der Waals surface area contributed by atoms with Crippen LogP contribution in [0, 0.1) is 3.95 Å². The van der Waals surface area contributed by atoms with E-state index in [0.29, 0.717) is 6.67 Å². The highest BCUT2D eigenvalue weighted by Crippen LogP contribution is 2.32. The van der Waals surface area contributed by atoms with Crippen molar-refractivity contribution in [2.75, 3.05) is 11.1 Å². The van der Waals surface area contributed by atoms with E-state index in [-0.39, 0.29) is 0 Å². The number of nitrogens with zero attached hydrogens (tertiary/aromatic N) is 2. The molecule has 0 aliphatic rings. The number of para-hydroxylation sites is 1. The van der Waals surface area contributed by atoms with E-state index in [1.165, 1.54) is 51.4 Å². The fraction of sp³-hybridized carbons (Fsp3) is 0.364. The first-order valence-corrected chi connectivity index (χ1v) is 13.1. The van der Waals surface area contributed by atoms with E-state index in [9.17, 15) is 0 Å². The van der Waals surface area contributed by atoms with Gasteiger partial charge in [-0.05, 0) is 49.0 Å². The van der Waals surface area contributed by atoms with Crippen LogP contribution in [0.1, 0.15) is 39.0 Å². The number of nitrogens with one attached hydrogen (secondary N) is 1. The number of unbranched alkanes of at least 4 members (excludes halogenated alkanes) is 4. The minimum Gasteiger partial charge on any atom is -0.367 e. The predicted octanol–water partition coefficient (Wildman–Crippen LogP) is 8.17. The molecule has 0 aliphatic heterocycles. The second-order valence-electron chi connectivity index (χ2n) is 7.02. The second kappa shape index (κ2) is 10.1. The van der Waals surface area contributed by atoms with Crippen LogP contribution in [0.3, 0.4) is 0 Å². The number of anilines is 1. The van der Waals surface area contributed by atoms with Crippen molar-refractivity contribution < 1.29 is 0 Å². The summed E-state index contributed by atoms with van der Waals surface area (Å²) in [6.45, 7) is 2.93. The molecule has 4 aromatic rings. The van der Waals surface area contributed by atoms with Crippen molar-refractivity contribution in [3.8, 4) is 0 Å². The Morgan fingerprint density at radius 1 is 1.03 bits per heavy atom. The topological polar surface area (TPSA) is 29.9 Å². The van der Waals surface area contributed by atoms with Crippen LogP contribution in [0.2, 0.25) is 0 Å². The van der Waals surface area contributed by atoms with Crippen LogP contribution >= 0.6 is 46.7 Å². The standard InChI is InChI=1S/C22H25N3S4/c1-2-3-4-5-8-13-27-21-24-17-12-11-16(14-20(17)28-21)23-15-25-18-9-6-7-10-19(18)29-22(25)26/h6-7,9-12,14,23H,2-5,8,13,15H2,1H3. The molecule has 0 spiro atoms. The third-order valence-electron chi connectivity index (χ3n) is 4.86. The zero-order valence-corrected chi connectivity index (χ0v) is 19.8. The smallest absolute Gasteiger partial charge is 0.163 e. The molecule has 0 saturated carbocycles. The van der Waals surface area contributed by atoms with Crippen molar-refractivity contribution in [3.05, 3.63) is 46.4 Å². The normalized spacial score (nSPS) is 11.5. The Morgan fingerprint density at radius 3 is 2.79 bits per heavy atom. The Labute approximate surface area is 189 Å². The summed E-state index contributed by atoms with van der Waals surface area (Å²) >= 11 is 10.9. The Morgan fingerprint density at radius 2 is 1.90 bits per heavy atom. The van der Waals surface area contributed by atoms with Gasteiger partial charge >= 0.3 is 0 Å². The van der Waals surface area contributed by atoms with Crippen molar-refractivity contribution in [1.29, 1.82) is 0 Å². The maximum atomic E-state index is 5.55. The van der Waals surface area contributed by atoms with Crippen molar-refractivity contribution >= 4 is 72.8 Å². The summed E-state index contributed by atoms with van der Waals surface area (Å²) in [4.78, 5) is 4.79. The lowest BCUT2D eigenvalue weighted by Crippen LogP contribution is -2.07. The summed E-state index contributed by atoms with van der Waals surface area (Å²) in [6.07, 6.45) is 6.63. The first-order valence-electron chi connectivity index (χ1n) is 10.1. The largest absolute Gasteiger partial charge is 0.367 e. The first kappa shape index (κ1) is 20.8. The fourth-order valence-corrected chi connectivity index (χ4v) is 6.77.